The van der Waals surface area contributed by atoms with Crippen LogP contribution in [0.2, 0.25) is 0 Å². The summed E-state index contributed by atoms with van der Waals surface area (Å²) < 4.78 is 5.23. The fraction of sp³-hybridized carbons (Fsp3) is 0.136. The normalized spacial score (nSPS) is 12.7. The van der Waals surface area contributed by atoms with E-state index in [1.165, 1.54) is 102 Å². The predicted octanol–water partition coefficient (Wildman–Crippen LogP) is 13.4. The Balaban J connectivity index is 1.34. The van der Waals surface area contributed by atoms with Crippen LogP contribution in [0.3, 0.4) is 0 Å². The van der Waals surface area contributed by atoms with Gasteiger partial charge in [-0.2, -0.15) is 0 Å². The lowest BCUT2D eigenvalue weighted by Crippen LogP contribution is -1.88. The van der Waals surface area contributed by atoms with Crippen molar-refractivity contribution in [3.63, 3.8) is 0 Å². The smallest absolute Gasteiger partial charge is 0.0620 e. The molecule has 0 amide bonds. The van der Waals surface area contributed by atoms with Gasteiger partial charge in [0.15, 0.2) is 0 Å². The number of fused-ring (bicyclic) bond motifs is 11. The molecular formula is C44H33NS. The lowest BCUT2D eigenvalue weighted by atomic mass is 9.95. The van der Waals surface area contributed by atoms with Crippen LogP contribution in [0.5, 0.6) is 0 Å². The molecule has 2 heteroatoms. The van der Waals surface area contributed by atoms with Gasteiger partial charge in [-0.25, -0.2) is 0 Å². The lowest BCUT2D eigenvalue weighted by molar-refractivity contribution is 0.869. The second kappa shape index (κ2) is 9.31. The van der Waals surface area contributed by atoms with Gasteiger partial charge in [-0.1, -0.05) is 88.4 Å². The molecule has 0 saturated heterocycles. The second-order valence-electron chi connectivity index (χ2n) is 13.8. The molecule has 46 heavy (non-hydrogen) atoms. The maximum atomic E-state index is 2.54. The first-order valence-corrected chi connectivity index (χ1v) is 17.3. The van der Waals surface area contributed by atoms with E-state index in [2.05, 4.69) is 147 Å². The summed E-state index contributed by atoms with van der Waals surface area (Å²) in [6.07, 6.45) is 0. The van der Waals surface area contributed by atoms with Gasteiger partial charge in [0, 0.05) is 41.7 Å². The van der Waals surface area contributed by atoms with Crippen LogP contribution in [-0.2, 0) is 0 Å². The number of hydrogen-bond donors (Lipinski definition) is 0. The molecule has 1 nitrogen and oxygen atoms in total. The van der Waals surface area contributed by atoms with E-state index in [9.17, 15) is 0 Å². The maximum absolute atomic E-state index is 2.54. The van der Waals surface area contributed by atoms with E-state index in [1.54, 1.807) is 0 Å². The van der Waals surface area contributed by atoms with Crippen molar-refractivity contribution in [2.45, 2.75) is 39.5 Å². The highest BCUT2D eigenvalue weighted by molar-refractivity contribution is 7.25. The van der Waals surface area contributed by atoms with Gasteiger partial charge in [-0.3, -0.25) is 0 Å². The summed E-state index contributed by atoms with van der Waals surface area (Å²) in [5.74, 6) is 0.996. The molecule has 3 aromatic heterocycles. The van der Waals surface area contributed by atoms with E-state index in [0.717, 1.165) is 0 Å². The largest absolute Gasteiger partial charge is 0.308 e. The first-order valence-electron chi connectivity index (χ1n) is 16.5. The zero-order chi connectivity index (χ0) is 30.8. The van der Waals surface area contributed by atoms with Crippen LogP contribution in [0.25, 0.3) is 90.9 Å². The first-order chi connectivity index (χ1) is 22.4. The van der Waals surface area contributed by atoms with Gasteiger partial charge in [0.25, 0.3) is 0 Å². The van der Waals surface area contributed by atoms with E-state index in [1.807, 2.05) is 11.3 Å². The molecule has 0 fully saturated rings. The average Bonchev–Trinajstić information content (AvgIpc) is 3.71. The van der Waals surface area contributed by atoms with Gasteiger partial charge in [-0.05, 0) is 110 Å². The van der Waals surface area contributed by atoms with E-state index in [-0.39, 0.29) is 0 Å². The zero-order valence-electron chi connectivity index (χ0n) is 26.5. The van der Waals surface area contributed by atoms with Crippen molar-refractivity contribution in [1.82, 2.24) is 4.40 Å². The van der Waals surface area contributed by atoms with Crippen LogP contribution in [-0.4, -0.2) is 4.40 Å². The van der Waals surface area contributed by atoms with E-state index in [4.69, 9.17) is 0 Å². The molecule has 0 bridgehead atoms. The Morgan fingerprint density at radius 1 is 0.435 bits per heavy atom. The standard InChI is InChI=1S/C44H33NS/c1-24(2)26-9-11-29-22-40-35(18-31(29)15-26)38-20-33(28-13-14-43-37(17-28)34-7-5-6-8-42(34)46-43)21-39-36-19-32-16-27(25(3)4)10-12-30(32)23-41(36)45(40)44(38)39/h5-25H,1-4H3. The minimum absolute atomic E-state index is 0.498. The molecule has 0 aliphatic rings. The van der Waals surface area contributed by atoms with Gasteiger partial charge in [0.1, 0.15) is 0 Å². The first kappa shape index (κ1) is 26.3. The topological polar surface area (TPSA) is 4.41 Å². The average molecular weight is 608 g/mol. The summed E-state index contributed by atoms with van der Waals surface area (Å²) in [5, 5.41) is 13.2. The Bertz CT molecular complexity index is 2730. The molecule has 0 aliphatic heterocycles. The molecule has 0 N–H and O–H groups in total. The Kier molecular flexibility index (Phi) is 5.33. The minimum atomic E-state index is 0.498. The minimum Gasteiger partial charge on any atom is -0.308 e. The molecule has 10 aromatic rings. The zero-order valence-corrected chi connectivity index (χ0v) is 27.3. The second-order valence-corrected chi connectivity index (χ2v) is 14.9. The number of thiophene rings is 1. The van der Waals surface area contributed by atoms with Crippen LogP contribution in [0.1, 0.15) is 50.7 Å². The molecule has 0 radical (unpaired) electrons. The fourth-order valence-electron chi connectivity index (χ4n) is 7.86. The number of hydrogen-bond acceptors (Lipinski definition) is 1. The third-order valence-electron chi connectivity index (χ3n) is 10.4. The summed E-state index contributed by atoms with van der Waals surface area (Å²) in [6.45, 7) is 9.12. The summed E-state index contributed by atoms with van der Waals surface area (Å²) in [5.41, 5.74) is 9.22. The van der Waals surface area contributed by atoms with Crippen molar-refractivity contribution in [2.24, 2.45) is 0 Å². The van der Waals surface area contributed by atoms with Crippen molar-refractivity contribution in [3.8, 4) is 11.1 Å². The number of nitrogens with zero attached hydrogens (tertiary/aromatic N) is 1. The van der Waals surface area contributed by atoms with E-state index >= 15 is 0 Å². The molecule has 3 heterocycles. The summed E-state index contributed by atoms with van der Waals surface area (Å²) in [4.78, 5) is 0. The molecule has 0 saturated carbocycles. The van der Waals surface area contributed by atoms with Crippen LogP contribution in [0.15, 0.2) is 115 Å². The van der Waals surface area contributed by atoms with Crippen LogP contribution >= 0.6 is 11.3 Å². The van der Waals surface area contributed by atoms with Crippen LogP contribution in [0, 0.1) is 0 Å². The van der Waals surface area contributed by atoms with Crippen LogP contribution in [0.4, 0.5) is 0 Å². The number of aromatic nitrogens is 1. The number of benzene rings is 7. The summed E-state index contributed by atoms with van der Waals surface area (Å²) in [7, 11) is 0. The molecule has 0 spiro atoms. The van der Waals surface area contributed by atoms with Crippen molar-refractivity contribution < 1.29 is 0 Å². The molecule has 7 aromatic carbocycles. The molecular weight excluding hydrogens is 575 g/mol. The number of rotatable bonds is 3. The summed E-state index contributed by atoms with van der Waals surface area (Å²) >= 11 is 1.88. The SMILES string of the molecule is CC(C)c1ccc2cc3c(cc2c1)c1cc(-c2ccc4sc5ccccc5c4c2)cc2c4cc5cc(C(C)C)ccc5cc4n3c12. The van der Waals surface area contributed by atoms with E-state index in [0.29, 0.717) is 11.8 Å². The Morgan fingerprint density at radius 2 is 1.00 bits per heavy atom. The highest BCUT2D eigenvalue weighted by Crippen LogP contribution is 2.45. The Morgan fingerprint density at radius 3 is 1.61 bits per heavy atom. The van der Waals surface area contributed by atoms with Crippen molar-refractivity contribution >= 4 is 91.1 Å². The van der Waals surface area contributed by atoms with Gasteiger partial charge >= 0.3 is 0 Å². The van der Waals surface area contributed by atoms with Crippen molar-refractivity contribution in [3.05, 3.63) is 126 Å². The monoisotopic (exact) mass is 607 g/mol. The lowest BCUT2D eigenvalue weighted by Gasteiger charge is -2.09. The highest BCUT2D eigenvalue weighted by Gasteiger charge is 2.21. The highest BCUT2D eigenvalue weighted by atomic mass is 32.1. The van der Waals surface area contributed by atoms with Crippen LogP contribution < -0.4 is 0 Å². The molecule has 0 aliphatic carbocycles. The Hall–Kier alpha value is -4.92. The third kappa shape index (κ3) is 3.62. The fourth-order valence-corrected chi connectivity index (χ4v) is 8.94. The van der Waals surface area contributed by atoms with Crippen molar-refractivity contribution in [1.29, 1.82) is 0 Å². The molecule has 0 unspecified atom stereocenters. The van der Waals surface area contributed by atoms with Gasteiger partial charge in [0.05, 0.1) is 16.6 Å². The van der Waals surface area contributed by atoms with Gasteiger partial charge < -0.3 is 4.40 Å². The van der Waals surface area contributed by atoms with E-state index < -0.39 is 0 Å². The summed E-state index contributed by atoms with van der Waals surface area (Å²) in [6, 6.07) is 44.5. The quantitative estimate of drug-likeness (QED) is 0.188. The third-order valence-corrected chi connectivity index (χ3v) is 11.5. The predicted molar refractivity (Wildman–Crippen MR) is 203 cm³/mol. The maximum Gasteiger partial charge on any atom is 0.0620 e. The van der Waals surface area contributed by atoms with Gasteiger partial charge in [-0.15, -0.1) is 11.3 Å². The molecule has 220 valence electrons. The van der Waals surface area contributed by atoms with Gasteiger partial charge in [0.2, 0.25) is 0 Å². The molecule has 0 atom stereocenters. The van der Waals surface area contributed by atoms with Crippen molar-refractivity contribution in [2.75, 3.05) is 0 Å². The Labute approximate surface area is 271 Å². The molecule has 10 rings (SSSR count).